The number of likely N-dealkylation sites (N-methyl/N-ethyl adjacent to an activating group) is 1. The number of halogens is 2. The number of benzene rings is 2. The Morgan fingerprint density at radius 2 is 1.93 bits per heavy atom. The maximum Gasteiger partial charge on any atom is 0.243 e. The lowest BCUT2D eigenvalue weighted by Crippen LogP contribution is -2.30. The zero-order valence-electron chi connectivity index (χ0n) is 15.4. The van der Waals surface area contributed by atoms with Gasteiger partial charge in [0, 0.05) is 11.9 Å². The molecule has 0 radical (unpaired) electrons. The van der Waals surface area contributed by atoms with E-state index >= 15 is 0 Å². The molecule has 0 atom stereocenters. The number of fused-ring (bicyclic) bond motifs is 1. The molecule has 0 spiro atoms. The summed E-state index contributed by atoms with van der Waals surface area (Å²) >= 11 is 7.60. The first-order valence-electron chi connectivity index (χ1n) is 8.77. The number of hydrogen-bond acceptors (Lipinski definition) is 5. The van der Waals surface area contributed by atoms with Crippen molar-refractivity contribution < 1.29 is 9.18 Å². The summed E-state index contributed by atoms with van der Waals surface area (Å²) in [7, 11) is 1.80. The number of anilines is 2. The summed E-state index contributed by atoms with van der Waals surface area (Å²) in [5.74, 6) is 0.171. The number of nitrogens with zero attached hydrogens (tertiary/aromatic N) is 3. The summed E-state index contributed by atoms with van der Waals surface area (Å²) in [4.78, 5) is 23.9. The third-order valence-electron chi connectivity index (χ3n) is 4.31. The van der Waals surface area contributed by atoms with E-state index in [1.54, 1.807) is 42.3 Å². The van der Waals surface area contributed by atoms with Gasteiger partial charge in [0.1, 0.15) is 18.0 Å². The number of amides is 1. The second-order valence-electron chi connectivity index (χ2n) is 6.41. The Hall–Kier alpha value is -3.03. The number of carbonyl (C=O) groups is 1. The molecule has 0 fully saturated rings. The highest BCUT2D eigenvalue weighted by molar-refractivity contribution is 7.22. The minimum Gasteiger partial charge on any atom is -0.349 e. The number of thiophene rings is 1. The molecule has 4 aromatic rings. The molecule has 2 heterocycles. The molecule has 2 aromatic heterocycles. The molecule has 1 N–H and O–H groups in total. The highest BCUT2D eigenvalue weighted by Gasteiger charge is 2.16. The summed E-state index contributed by atoms with van der Waals surface area (Å²) in [6, 6.07) is 15.3. The van der Waals surface area contributed by atoms with Gasteiger partial charge in [-0.2, -0.15) is 0 Å². The first-order chi connectivity index (χ1) is 14.0. The Bertz CT molecular complexity index is 1180. The zero-order chi connectivity index (χ0) is 20.4. The van der Waals surface area contributed by atoms with E-state index in [1.165, 1.54) is 29.8 Å². The molecule has 8 heteroatoms. The van der Waals surface area contributed by atoms with Gasteiger partial charge < -0.3 is 10.2 Å². The summed E-state index contributed by atoms with van der Waals surface area (Å²) in [6.45, 7) is 0.0983. The third-order valence-corrected chi connectivity index (χ3v) is 5.81. The maximum absolute atomic E-state index is 13.2. The molecule has 4 rings (SSSR count). The van der Waals surface area contributed by atoms with Gasteiger partial charge in [0.2, 0.25) is 5.91 Å². The fourth-order valence-corrected chi connectivity index (χ4v) is 4.26. The second kappa shape index (κ2) is 8.14. The molecule has 0 aliphatic heterocycles. The average Bonchev–Trinajstić information content (AvgIpc) is 3.14. The molecule has 1 amide bonds. The monoisotopic (exact) mass is 426 g/mol. The number of aromatic nitrogens is 2. The number of carbonyl (C=O) groups excluding carboxylic acids is 1. The molecule has 0 unspecified atom stereocenters. The first-order valence-corrected chi connectivity index (χ1v) is 9.97. The van der Waals surface area contributed by atoms with Crippen LogP contribution in [0.4, 0.5) is 15.9 Å². The third kappa shape index (κ3) is 4.21. The minimum atomic E-state index is -0.278. The molecule has 0 aliphatic carbocycles. The van der Waals surface area contributed by atoms with Gasteiger partial charge in [-0.25, -0.2) is 14.4 Å². The quantitative estimate of drug-likeness (QED) is 0.475. The lowest BCUT2D eigenvalue weighted by molar-refractivity contribution is -0.114. The second-order valence-corrected chi connectivity index (χ2v) is 7.87. The Labute approximate surface area is 175 Å². The molecule has 2 aromatic carbocycles. The van der Waals surface area contributed by atoms with Crippen LogP contribution >= 0.6 is 22.9 Å². The van der Waals surface area contributed by atoms with Crippen LogP contribution in [0.1, 0.15) is 0 Å². The van der Waals surface area contributed by atoms with Crippen molar-refractivity contribution in [1.82, 2.24) is 9.97 Å². The predicted molar refractivity (Wildman–Crippen MR) is 116 cm³/mol. The summed E-state index contributed by atoms with van der Waals surface area (Å²) < 4.78 is 14.1. The molecule has 29 heavy (non-hydrogen) atoms. The van der Waals surface area contributed by atoms with Crippen molar-refractivity contribution >= 4 is 50.6 Å². The zero-order valence-corrected chi connectivity index (χ0v) is 17.0. The molecule has 0 aliphatic rings. The molecular formula is C21H16ClFN4OS. The molecule has 0 bridgehead atoms. The maximum atomic E-state index is 13.2. The van der Waals surface area contributed by atoms with Crippen molar-refractivity contribution in [3.63, 3.8) is 0 Å². The van der Waals surface area contributed by atoms with E-state index in [0.717, 1.165) is 20.7 Å². The van der Waals surface area contributed by atoms with Crippen LogP contribution in [0, 0.1) is 5.82 Å². The SMILES string of the molecule is CN(CC(=O)Nc1ccccc1Cl)c1ncnc2cc(-c3ccc(F)cc3)sc12. The van der Waals surface area contributed by atoms with E-state index in [2.05, 4.69) is 15.3 Å². The predicted octanol–water partition coefficient (Wildman–Crippen LogP) is 5.23. The Morgan fingerprint density at radius 1 is 1.17 bits per heavy atom. The van der Waals surface area contributed by atoms with Gasteiger partial charge in [0.25, 0.3) is 0 Å². The van der Waals surface area contributed by atoms with Gasteiger partial charge in [0.05, 0.1) is 27.5 Å². The summed E-state index contributed by atoms with van der Waals surface area (Å²) in [6.07, 6.45) is 1.47. The van der Waals surface area contributed by atoms with Crippen LogP contribution in [0.5, 0.6) is 0 Å². The lowest BCUT2D eigenvalue weighted by atomic mass is 10.2. The first kappa shape index (κ1) is 19.3. The van der Waals surface area contributed by atoms with Crippen LogP contribution < -0.4 is 10.2 Å². The van der Waals surface area contributed by atoms with Crippen molar-refractivity contribution in [3.8, 4) is 10.4 Å². The van der Waals surface area contributed by atoms with E-state index < -0.39 is 0 Å². The highest BCUT2D eigenvalue weighted by atomic mass is 35.5. The fraction of sp³-hybridized carbons (Fsp3) is 0.0952. The minimum absolute atomic E-state index is 0.0983. The van der Waals surface area contributed by atoms with Crippen LogP contribution in [0.2, 0.25) is 5.02 Å². The number of para-hydroxylation sites is 1. The molecule has 0 saturated carbocycles. The van der Waals surface area contributed by atoms with Crippen molar-refractivity contribution in [3.05, 3.63) is 71.8 Å². The van der Waals surface area contributed by atoms with E-state index in [4.69, 9.17) is 11.6 Å². The summed E-state index contributed by atoms with van der Waals surface area (Å²) in [5.41, 5.74) is 2.24. The van der Waals surface area contributed by atoms with Crippen molar-refractivity contribution in [2.75, 3.05) is 23.8 Å². The number of nitrogens with one attached hydrogen (secondary N) is 1. The number of rotatable bonds is 5. The van der Waals surface area contributed by atoms with Crippen molar-refractivity contribution in [1.29, 1.82) is 0 Å². The Balaban J connectivity index is 1.57. The van der Waals surface area contributed by atoms with Crippen LogP contribution in [0.25, 0.3) is 20.7 Å². The van der Waals surface area contributed by atoms with E-state index in [1.807, 2.05) is 12.1 Å². The highest BCUT2D eigenvalue weighted by Crippen LogP contribution is 2.36. The number of hydrogen-bond donors (Lipinski definition) is 1. The van der Waals surface area contributed by atoms with Gasteiger partial charge in [-0.3, -0.25) is 4.79 Å². The molecule has 5 nitrogen and oxygen atoms in total. The van der Waals surface area contributed by atoms with Crippen LogP contribution in [0.15, 0.2) is 60.9 Å². The topological polar surface area (TPSA) is 58.1 Å². The van der Waals surface area contributed by atoms with Crippen LogP contribution in [-0.4, -0.2) is 29.5 Å². The fourth-order valence-electron chi connectivity index (χ4n) is 2.91. The summed E-state index contributed by atoms with van der Waals surface area (Å²) in [5, 5.41) is 3.29. The van der Waals surface area contributed by atoms with Gasteiger partial charge in [-0.15, -0.1) is 11.3 Å². The lowest BCUT2D eigenvalue weighted by Gasteiger charge is -2.18. The smallest absolute Gasteiger partial charge is 0.243 e. The standard InChI is InChI=1S/C21H16ClFN4OS/c1-27(11-19(28)26-16-5-3-2-4-15(16)22)21-20-17(24-12-25-21)10-18(29-20)13-6-8-14(23)9-7-13/h2-10,12H,11H2,1H3,(H,26,28). The molecular weight excluding hydrogens is 411 g/mol. The molecule has 146 valence electrons. The van der Waals surface area contributed by atoms with Gasteiger partial charge in [-0.05, 0) is 35.9 Å². The average molecular weight is 427 g/mol. The van der Waals surface area contributed by atoms with E-state index in [9.17, 15) is 9.18 Å². The normalized spacial score (nSPS) is 10.9. The van der Waals surface area contributed by atoms with Gasteiger partial charge >= 0.3 is 0 Å². The van der Waals surface area contributed by atoms with E-state index in [0.29, 0.717) is 16.5 Å². The van der Waals surface area contributed by atoms with E-state index in [-0.39, 0.29) is 18.3 Å². The Morgan fingerprint density at radius 3 is 2.69 bits per heavy atom. The van der Waals surface area contributed by atoms with Crippen LogP contribution in [-0.2, 0) is 4.79 Å². The molecule has 0 saturated heterocycles. The van der Waals surface area contributed by atoms with Crippen LogP contribution in [0.3, 0.4) is 0 Å². The van der Waals surface area contributed by atoms with Gasteiger partial charge in [0.15, 0.2) is 0 Å². The largest absolute Gasteiger partial charge is 0.349 e. The Kier molecular flexibility index (Phi) is 5.42. The van der Waals surface area contributed by atoms with Gasteiger partial charge in [-0.1, -0.05) is 35.9 Å². The van der Waals surface area contributed by atoms with Crippen molar-refractivity contribution in [2.45, 2.75) is 0 Å². The van der Waals surface area contributed by atoms with Crippen molar-refractivity contribution in [2.24, 2.45) is 0 Å².